The Hall–Kier alpha value is -0.600. The maximum absolute atomic E-state index is 13.2. The zero-order valence-electron chi connectivity index (χ0n) is 13.3. The molecule has 0 unspecified atom stereocenters. The lowest BCUT2D eigenvalue weighted by atomic mass is 9.65. The largest absolute Gasteiger partial charge is 0.390 e. The van der Waals surface area contributed by atoms with Gasteiger partial charge in [0.25, 0.3) is 0 Å². The van der Waals surface area contributed by atoms with Gasteiger partial charge in [0, 0.05) is 6.42 Å². The molecule has 1 aromatic rings. The van der Waals surface area contributed by atoms with Gasteiger partial charge in [-0.05, 0) is 54.7 Å². The Kier molecular flexibility index (Phi) is 4.99. The van der Waals surface area contributed by atoms with Gasteiger partial charge in [-0.25, -0.2) is 4.39 Å². The van der Waals surface area contributed by atoms with Crippen LogP contribution >= 0.6 is 11.6 Å². The zero-order chi connectivity index (χ0) is 15.7. The second kappa shape index (κ2) is 6.26. The molecule has 1 aromatic carbocycles. The third kappa shape index (κ3) is 3.98. The van der Waals surface area contributed by atoms with Crippen LogP contribution in [0.3, 0.4) is 0 Å². The van der Waals surface area contributed by atoms with E-state index in [1.807, 2.05) is 0 Å². The third-order valence-electron chi connectivity index (χ3n) is 5.45. The van der Waals surface area contributed by atoms with E-state index >= 15 is 0 Å². The summed E-state index contributed by atoms with van der Waals surface area (Å²) in [6.07, 6.45) is 5.49. The quantitative estimate of drug-likeness (QED) is 0.791. The maximum atomic E-state index is 13.2. The summed E-state index contributed by atoms with van der Waals surface area (Å²) in [5.74, 6) is 0.278. The smallest absolute Gasteiger partial charge is 0.141 e. The number of hydrogen-bond acceptors (Lipinski definition) is 1. The number of halogens is 2. The Balaban J connectivity index is 2.00. The summed E-state index contributed by atoms with van der Waals surface area (Å²) in [6, 6.07) is 4.74. The lowest BCUT2D eigenvalue weighted by Gasteiger charge is -2.42. The molecule has 1 nitrogen and oxygen atoms in total. The van der Waals surface area contributed by atoms with Crippen LogP contribution in [0.25, 0.3) is 0 Å². The Labute approximate surface area is 132 Å². The lowest BCUT2D eigenvalue weighted by Crippen LogP contribution is -2.39. The van der Waals surface area contributed by atoms with Crippen LogP contribution in [0.1, 0.15) is 58.4 Å². The molecule has 2 rings (SSSR count). The van der Waals surface area contributed by atoms with Gasteiger partial charge in [0.2, 0.25) is 0 Å². The number of rotatable bonds is 4. The minimum absolute atomic E-state index is 0.136. The van der Waals surface area contributed by atoms with Gasteiger partial charge in [-0.2, -0.15) is 0 Å². The van der Waals surface area contributed by atoms with E-state index in [1.54, 1.807) is 12.1 Å². The molecule has 0 atom stereocenters. The third-order valence-corrected chi connectivity index (χ3v) is 5.74. The van der Waals surface area contributed by atoms with Crippen molar-refractivity contribution in [1.29, 1.82) is 0 Å². The molecule has 0 amide bonds. The number of aliphatic hydroxyl groups is 1. The lowest BCUT2D eigenvalue weighted by molar-refractivity contribution is -0.0276. The molecule has 3 heteroatoms. The second-order valence-electron chi connectivity index (χ2n) is 7.27. The standard InChI is InChI=1S/C18H26ClFO/c1-4-17(2,3)14-7-9-18(21,10-8-14)12-13-5-6-16(20)15(19)11-13/h5-6,11,14,21H,4,7-10,12H2,1-3H3. The van der Waals surface area contributed by atoms with Crippen molar-refractivity contribution in [1.82, 2.24) is 0 Å². The summed E-state index contributed by atoms with van der Waals surface area (Å²) in [4.78, 5) is 0. The summed E-state index contributed by atoms with van der Waals surface area (Å²) >= 11 is 5.82. The molecule has 0 radical (unpaired) electrons. The van der Waals surface area contributed by atoms with E-state index in [1.165, 1.54) is 12.5 Å². The summed E-state index contributed by atoms with van der Waals surface area (Å²) < 4.78 is 13.2. The van der Waals surface area contributed by atoms with Crippen LogP contribution in [0.4, 0.5) is 4.39 Å². The van der Waals surface area contributed by atoms with Crippen molar-refractivity contribution in [2.75, 3.05) is 0 Å². The first-order chi connectivity index (χ1) is 9.76. The van der Waals surface area contributed by atoms with Crippen molar-refractivity contribution in [2.45, 2.75) is 64.9 Å². The first kappa shape index (κ1) is 16.8. The highest BCUT2D eigenvalue weighted by atomic mass is 35.5. The van der Waals surface area contributed by atoms with Crippen molar-refractivity contribution in [3.05, 3.63) is 34.6 Å². The van der Waals surface area contributed by atoms with Gasteiger partial charge in [-0.3, -0.25) is 0 Å². The predicted molar refractivity (Wildman–Crippen MR) is 86.1 cm³/mol. The summed E-state index contributed by atoms with van der Waals surface area (Å²) in [5.41, 5.74) is 0.597. The molecule has 0 aromatic heterocycles. The average Bonchev–Trinajstić information content (AvgIpc) is 2.43. The van der Waals surface area contributed by atoms with Crippen LogP contribution in [-0.4, -0.2) is 10.7 Å². The fourth-order valence-electron chi connectivity index (χ4n) is 3.43. The van der Waals surface area contributed by atoms with Gasteiger partial charge >= 0.3 is 0 Å². The first-order valence-corrected chi connectivity index (χ1v) is 8.30. The predicted octanol–water partition coefficient (Wildman–Crippen LogP) is 5.38. The molecule has 1 saturated carbocycles. The summed E-state index contributed by atoms with van der Waals surface area (Å²) in [6.45, 7) is 6.88. The molecule has 1 N–H and O–H groups in total. The van der Waals surface area contributed by atoms with Gasteiger partial charge in [-0.1, -0.05) is 44.9 Å². The highest BCUT2D eigenvalue weighted by Crippen LogP contribution is 2.44. The van der Waals surface area contributed by atoms with E-state index in [0.717, 1.165) is 31.2 Å². The molecule has 0 spiro atoms. The van der Waals surface area contributed by atoms with E-state index in [-0.39, 0.29) is 5.02 Å². The van der Waals surface area contributed by atoms with E-state index < -0.39 is 11.4 Å². The van der Waals surface area contributed by atoms with Gasteiger partial charge < -0.3 is 5.11 Å². The second-order valence-corrected chi connectivity index (χ2v) is 7.67. The topological polar surface area (TPSA) is 20.2 Å². The summed E-state index contributed by atoms with van der Waals surface area (Å²) in [5, 5.41) is 10.9. The number of benzene rings is 1. The Morgan fingerprint density at radius 3 is 2.48 bits per heavy atom. The van der Waals surface area contributed by atoms with Crippen molar-refractivity contribution < 1.29 is 9.50 Å². The molecule has 1 fully saturated rings. The van der Waals surface area contributed by atoms with Gasteiger partial charge in [0.15, 0.2) is 0 Å². The number of hydrogen-bond donors (Lipinski definition) is 1. The van der Waals surface area contributed by atoms with E-state index in [0.29, 0.717) is 17.8 Å². The molecule has 1 aliphatic carbocycles. The van der Waals surface area contributed by atoms with E-state index in [4.69, 9.17) is 11.6 Å². The molecule has 1 aliphatic rings. The van der Waals surface area contributed by atoms with Crippen LogP contribution in [0.5, 0.6) is 0 Å². The molecular formula is C18H26ClFO. The van der Waals surface area contributed by atoms with Crippen LogP contribution < -0.4 is 0 Å². The molecule has 0 aliphatic heterocycles. The molecular weight excluding hydrogens is 287 g/mol. The van der Waals surface area contributed by atoms with Crippen LogP contribution in [-0.2, 0) is 6.42 Å². The first-order valence-electron chi connectivity index (χ1n) is 7.92. The monoisotopic (exact) mass is 312 g/mol. The minimum atomic E-state index is -0.665. The Morgan fingerprint density at radius 1 is 1.33 bits per heavy atom. The van der Waals surface area contributed by atoms with Crippen LogP contribution in [0.2, 0.25) is 5.02 Å². The van der Waals surface area contributed by atoms with Gasteiger partial charge in [0.05, 0.1) is 10.6 Å². The fourth-order valence-corrected chi connectivity index (χ4v) is 3.63. The van der Waals surface area contributed by atoms with Crippen molar-refractivity contribution in [3.63, 3.8) is 0 Å². The average molecular weight is 313 g/mol. The molecule has 0 bridgehead atoms. The Bertz CT molecular complexity index is 490. The normalized spacial score (nSPS) is 26.9. The highest BCUT2D eigenvalue weighted by Gasteiger charge is 2.38. The van der Waals surface area contributed by atoms with E-state index in [2.05, 4.69) is 20.8 Å². The van der Waals surface area contributed by atoms with Crippen LogP contribution in [0.15, 0.2) is 18.2 Å². The van der Waals surface area contributed by atoms with Gasteiger partial charge in [0.1, 0.15) is 5.82 Å². The molecule has 0 saturated heterocycles. The minimum Gasteiger partial charge on any atom is -0.390 e. The highest BCUT2D eigenvalue weighted by molar-refractivity contribution is 6.30. The van der Waals surface area contributed by atoms with Crippen LogP contribution in [0, 0.1) is 17.2 Å². The van der Waals surface area contributed by atoms with E-state index in [9.17, 15) is 9.50 Å². The fraction of sp³-hybridized carbons (Fsp3) is 0.667. The van der Waals surface area contributed by atoms with Crippen molar-refractivity contribution in [2.24, 2.45) is 11.3 Å². The SMILES string of the molecule is CCC(C)(C)C1CCC(O)(Cc2ccc(F)c(Cl)c2)CC1. The van der Waals surface area contributed by atoms with Gasteiger partial charge in [-0.15, -0.1) is 0 Å². The Morgan fingerprint density at radius 2 is 1.95 bits per heavy atom. The van der Waals surface area contributed by atoms with Crippen molar-refractivity contribution in [3.8, 4) is 0 Å². The molecule has 118 valence electrons. The maximum Gasteiger partial charge on any atom is 0.141 e. The molecule has 0 heterocycles. The summed E-state index contributed by atoms with van der Waals surface area (Å²) in [7, 11) is 0. The molecule has 21 heavy (non-hydrogen) atoms. The zero-order valence-corrected chi connectivity index (χ0v) is 14.0. The van der Waals surface area contributed by atoms with Crippen molar-refractivity contribution >= 4 is 11.6 Å².